The molecule has 0 saturated heterocycles. The average molecular weight is 245 g/mol. The topological polar surface area (TPSA) is 33.2 Å². The van der Waals surface area contributed by atoms with Crippen molar-refractivity contribution in [1.29, 1.82) is 0 Å². The van der Waals surface area contributed by atoms with Crippen LogP contribution in [-0.2, 0) is 17.1 Å². The van der Waals surface area contributed by atoms with E-state index >= 15 is 0 Å². The summed E-state index contributed by atoms with van der Waals surface area (Å²) in [6, 6.07) is 0.477. The molecule has 0 N–H and O–H groups in total. The minimum absolute atomic E-state index is 0.160. The molecule has 0 aromatic carbocycles. The third-order valence-electron chi connectivity index (χ3n) is 2.53. The van der Waals surface area contributed by atoms with Crippen molar-refractivity contribution in [2.24, 2.45) is 0 Å². The summed E-state index contributed by atoms with van der Waals surface area (Å²) in [5, 5.41) is 2.77. The van der Waals surface area contributed by atoms with Crippen LogP contribution >= 0.6 is 22.9 Å². The van der Waals surface area contributed by atoms with Gasteiger partial charge in [0.15, 0.2) is 0 Å². The van der Waals surface area contributed by atoms with Gasteiger partial charge in [0.05, 0.1) is 18.0 Å². The Morgan fingerprint density at radius 3 is 3.00 bits per heavy atom. The second-order valence-electron chi connectivity index (χ2n) is 3.78. The number of carbonyl (C=O) groups excluding carboxylic acids is 1. The van der Waals surface area contributed by atoms with Crippen molar-refractivity contribution in [3.05, 3.63) is 16.1 Å². The quantitative estimate of drug-likeness (QED) is 0.760. The monoisotopic (exact) mass is 244 g/mol. The van der Waals surface area contributed by atoms with E-state index in [1.54, 1.807) is 0 Å². The largest absolute Gasteiger partial charge is 0.342 e. The molecular formula is C10H13ClN2OS. The van der Waals surface area contributed by atoms with Crippen molar-refractivity contribution in [1.82, 2.24) is 9.88 Å². The smallest absolute Gasteiger partial charge is 0.229 e. The van der Waals surface area contributed by atoms with Crippen LogP contribution in [0.4, 0.5) is 0 Å². The van der Waals surface area contributed by atoms with Crippen molar-refractivity contribution in [3.63, 3.8) is 0 Å². The first-order valence-electron chi connectivity index (χ1n) is 4.95. The number of halogens is 1. The van der Waals surface area contributed by atoms with Crippen molar-refractivity contribution in [2.45, 2.75) is 31.2 Å². The summed E-state index contributed by atoms with van der Waals surface area (Å²) in [5.41, 5.74) is 0.860. The number of aromatic nitrogens is 1. The first-order valence-corrected chi connectivity index (χ1v) is 6.37. The molecule has 1 saturated carbocycles. The molecule has 0 radical (unpaired) electrons. The second kappa shape index (κ2) is 4.49. The van der Waals surface area contributed by atoms with Gasteiger partial charge in [-0.1, -0.05) is 0 Å². The van der Waals surface area contributed by atoms with Crippen molar-refractivity contribution >= 4 is 28.8 Å². The molecule has 3 nitrogen and oxygen atoms in total. The fraction of sp³-hybridized carbons (Fsp3) is 0.600. The van der Waals surface area contributed by atoms with Gasteiger partial charge in [0.2, 0.25) is 5.91 Å². The van der Waals surface area contributed by atoms with E-state index < -0.39 is 0 Å². The molecule has 1 aliphatic carbocycles. The summed E-state index contributed by atoms with van der Waals surface area (Å²) in [5.74, 6) is 0.580. The summed E-state index contributed by atoms with van der Waals surface area (Å²) < 4.78 is 0. The molecule has 0 unspecified atom stereocenters. The van der Waals surface area contributed by atoms with Gasteiger partial charge in [-0.2, -0.15) is 0 Å². The minimum Gasteiger partial charge on any atom is -0.342 e. The van der Waals surface area contributed by atoms with Crippen LogP contribution in [0.2, 0.25) is 0 Å². The van der Waals surface area contributed by atoms with Crippen LogP contribution in [0.15, 0.2) is 5.38 Å². The van der Waals surface area contributed by atoms with Gasteiger partial charge in [-0.25, -0.2) is 4.98 Å². The van der Waals surface area contributed by atoms with Crippen molar-refractivity contribution in [2.75, 3.05) is 7.05 Å². The Bertz CT molecular complexity index is 362. The zero-order chi connectivity index (χ0) is 10.8. The molecule has 1 fully saturated rings. The number of hydrogen-bond acceptors (Lipinski definition) is 3. The predicted octanol–water partition coefficient (Wildman–Crippen LogP) is 2.05. The number of hydrogen-bond donors (Lipinski definition) is 0. The Kier molecular flexibility index (Phi) is 3.26. The zero-order valence-corrected chi connectivity index (χ0v) is 10.1. The van der Waals surface area contributed by atoms with Crippen LogP contribution in [0.5, 0.6) is 0 Å². The molecule has 1 aromatic rings. The number of rotatable bonds is 4. The number of amides is 1. The molecule has 0 atom stereocenters. The van der Waals surface area contributed by atoms with Crippen LogP contribution in [0.25, 0.3) is 0 Å². The summed E-state index contributed by atoms with van der Waals surface area (Å²) in [7, 11) is 1.87. The summed E-state index contributed by atoms with van der Waals surface area (Å²) in [6.45, 7) is 0. The van der Waals surface area contributed by atoms with Crippen LogP contribution in [-0.4, -0.2) is 28.9 Å². The lowest BCUT2D eigenvalue weighted by atomic mass is 10.3. The highest BCUT2D eigenvalue weighted by atomic mass is 35.5. The molecule has 1 amide bonds. The molecular weight excluding hydrogens is 232 g/mol. The lowest BCUT2D eigenvalue weighted by molar-refractivity contribution is -0.129. The molecule has 15 heavy (non-hydrogen) atoms. The maximum Gasteiger partial charge on any atom is 0.229 e. The van der Waals surface area contributed by atoms with Crippen LogP contribution in [0.1, 0.15) is 23.5 Å². The second-order valence-corrected chi connectivity index (χ2v) is 4.99. The molecule has 1 heterocycles. The molecule has 82 valence electrons. The van der Waals surface area contributed by atoms with Crippen molar-refractivity contribution < 1.29 is 4.79 Å². The SMILES string of the molecule is CN(C(=O)Cc1nc(CCl)cs1)C1CC1. The average Bonchev–Trinajstić information content (AvgIpc) is 2.98. The molecule has 0 aliphatic heterocycles. The number of thiazole rings is 1. The van der Waals surface area contributed by atoms with Gasteiger partial charge in [0.25, 0.3) is 0 Å². The molecule has 1 aliphatic rings. The third-order valence-corrected chi connectivity index (χ3v) is 3.70. The minimum atomic E-state index is 0.160. The first-order chi connectivity index (χ1) is 7.20. The van der Waals surface area contributed by atoms with E-state index in [0.717, 1.165) is 23.5 Å². The van der Waals surface area contributed by atoms with Gasteiger partial charge in [-0.05, 0) is 12.8 Å². The summed E-state index contributed by atoms with van der Waals surface area (Å²) >= 11 is 7.16. The Morgan fingerprint density at radius 2 is 2.47 bits per heavy atom. The van der Waals surface area contributed by atoms with Crippen LogP contribution in [0.3, 0.4) is 0 Å². The van der Waals surface area contributed by atoms with Crippen LogP contribution < -0.4 is 0 Å². The highest BCUT2D eigenvalue weighted by Crippen LogP contribution is 2.26. The molecule has 2 rings (SSSR count). The van der Waals surface area contributed by atoms with E-state index in [-0.39, 0.29) is 5.91 Å². The van der Waals surface area contributed by atoms with Gasteiger partial charge < -0.3 is 4.90 Å². The van der Waals surface area contributed by atoms with Gasteiger partial charge in [0, 0.05) is 18.5 Å². The number of carbonyl (C=O) groups is 1. The first kappa shape index (κ1) is 10.9. The standard InChI is InChI=1S/C10H13ClN2OS/c1-13(8-2-3-8)10(14)4-9-12-7(5-11)6-15-9/h6,8H,2-5H2,1H3. The number of alkyl halides is 1. The Balaban J connectivity index is 1.92. The maximum atomic E-state index is 11.8. The lowest BCUT2D eigenvalue weighted by Gasteiger charge is -2.14. The van der Waals surface area contributed by atoms with Crippen LogP contribution in [0, 0.1) is 0 Å². The zero-order valence-electron chi connectivity index (χ0n) is 8.57. The fourth-order valence-corrected chi connectivity index (χ4v) is 2.42. The molecule has 5 heteroatoms. The van der Waals surface area contributed by atoms with Gasteiger partial charge in [-0.15, -0.1) is 22.9 Å². The van der Waals surface area contributed by atoms with E-state index in [1.807, 2.05) is 17.3 Å². The van der Waals surface area contributed by atoms with Gasteiger partial charge in [-0.3, -0.25) is 4.79 Å². The van der Waals surface area contributed by atoms with E-state index in [0.29, 0.717) is 18.3 Å². The molecule has 1 aromatic heterocycles. The molecule has 0 spiro atoms. The Hall–Kier alpha value is -0.610. The third kappa shape index (κ3) is 2.69. The fourth-order valence-electron chi connectivity index (χ4n) is 1.41. The van der Waals surface area contributed by atoms with Gasteiger partial charge in [0.1, 0.15) is 5.01 Å². The normalized spacial score (nSPS) is 15.3. The predicted molar refractivity (Wildman–Crippen MR) is 61.2 cm³/mol. The Labute approximate surface area is 98.1 Å². The van der Waals surface area contributed by atoms with E-state index in [4.69, 9.17) is 11.6 Å². The summed E-state index contributed by atoms with van der Waals surface area (Å²) in [6.07, 6.45) is 2.70. The Morgan fingerprint density at radius 1 is 1.73 bits per heavy atom. The highest BCUT2D eigenvalue weighted by molar-refractivity contribution is 7.09. The van der Waals surface area contributed by atoms with Gasteiger partial charge >= 0.3 is 0 Å². The summed E-state index contributed by atoms with van der Waals surface area (Å²) in [4.78, 5) is 17.9. The van der Waals surface area contributed by atoms with E-state index in [1.165, 1.54) is 11.3 Å². The number of nitrogens with zero attached hydrogens (tertiary/aromatic N) is 2. The van der Waals surface area contributed by atoms with Crippen molar-refractivity contribution in [3.8, 4) is 0 Å². The lowest BCUT2D eigenvalue weighted by Crippen LogP contribution is -2.30. The van der Waals surface area contributed by atoms with E-state index in [9.17, 15) is 4.79 Å². The maximum absolute atomic E-state index is 11.8. The molecule has 0 bridgehead atoms. The van der Waals surface area contributed by atoms with E-state index in [2.05, 4.69) is 4.98 Å². The highest BCUT2D eigenvalue weighted by Gasteiger charge is 2.29. The number of likely N-dealkylation sites (N-methyl/N-ethyl adjacent to an activating group) is 1.